The lowest BCUT2D eigenvalue weighted by Gasteiger charge is -2.34. The zero-order chi connectivity index (χ0) is 18.7. The van der Waals surface area contributed by atoms with Crippen molar-refractivity contribution < 1.29 is 14.0 Å². The average molecular weight is 358 g/mol. The monoisotopic (exact) mass is 358 g/mol. The Bertz CT molecular complexity index is 871. The maximum absolute atomic E-state index is 13.0. The molecule has 0 N–H and O–H groups in total. The van der Waals surface area contributed by atoms with E-state index < -0.39 is 0 Å². The van der Waals surface area contributed by atoms with Gasteiger partial charge in [-0.05, 0) is 23.8 Å². The van der Waals surface area contributed by atoms with E-state index in [1.165, 1.54) is 35.9 Å². The zero-order valence-electron chi connectivity index (χ0n) is 14.4. The average Bonchev–Trinajstić information content (AvgIpc) is 2.65. The van der Waals surface area contributed by atoms with Gasteiger partial charge in [0.05, 0.1) is 6.54 Å². The molecule has 0 spiro atoms. The topological polar surface area (TPSA) is 75.5 Å². The van der Waals surface area contributed by atoms with Gasteiger partial charge in [0.15, 0.2) is 0 Å². The van der Waals surface area contributed by atoms with E-state index in [1.54, 1.807) is 21.9 Å². The third-order valence-electron chi connectivity index (χ3n) is 4.34. The number of rotatable bonds is 3. The van der Waals surface area contributed by atoms with E-state index in [1.807, 2.05) is 0 Å². The lowest BCUT2D eigenvalue weighted by molar-refractivity contribution is -0.130. The van der Waals surface area contributed by atoms with Gasteiger partial charge in [-0.15, -0.1) is 0 Å². The third kappa shape index (κ3) is 3.96. The molecule has 8 heteroatoms. The smallest absolute Gasteiger partial charge is 0.274 e. The largest absolute Gasteiger partial charge is 0.339 e. The number of nitrogens with zero attached hydrogens (tertiary/aromatic N) is 4. The molecule has 1 aromatic carbocycles. The Morgan fingerprint density at radius 2 is 1.62 bits per heavy atom. The highest BCUT2D eigenvalue weighted by Gasteiger charge is 2.24. The Balaban J connectivity index is 1.74. The molecule has 1 aliphatic rings. The molecule has 0 aliphatic carbocycles. The molecule has 136 valence electrons. The summed E-state index contributed by atoms with van der Waals surface area (Å²) in [5, 5.41) is 4.16. The van der Waals surface area contributed by atoms with E-state index in [0.29, 0.717) is 31.7 Å². The molecule has 1 fully saturated rings. The summed E-state index contributed by atoms with van der Waals surface area (Å²) in [4.78, 5) is 39.3. The van der Waals surface area contributed by atoms with Crippen LogP contribution < -0.4 is 5.56 Å². The van der Waals surface area contributed by atoms with Crippen LogP contribution in [0.4, 0.5) is 4.39 Å². The molecule has 3 rings (SSSR count). The molecule has 0 bridgehead atoms. The van der Waals surface area contributed by atoms with Crippen molar-refractivity contribution in [1.82, 2.24) is 19.6 Å². The first-order valence-electron chi connectivity index (χ1n) is 8.31. The lowest BCUT2D eigenvalue weighted by atomic mass is 10.2. The van der Waals surface area contributed by atoms with Crippen LogP contribution in [0.2, 0.25) is 0 Å². The fraction of sp³-hybridized carbons (Fsp3) is 0.333. The first kappa shape index (κ1) is 17.8. The summed E-state index contributed by atoms with van der Waals surface area (Å²) in [5.74, 6) is -0.646. The molecule has 0 unspecified atom stereocenters. The normalized spacial score (nSPS) is 14.4. The number of benzene rings is 1. The molecule has 1 saturated heterocycles. The van der Waals surface area contributed by atoms with Crippen LogP contribution in [-0.4, -0.2) is 57.6 Å². The van der Waals surface area contributed by atoms with Gasteiger partial charge in [0, 0.05) is 39.2 Å². The summed E-state index contributed by atoms with van der Waals surface area (Å²) >= 11 is 0. The van der Waals surface area contributed by atoms with Crippen molar-refractivity contribution in [3.63, 3.8) is 0 Å². The van der Waals surface area contributed by atoms with Gasteiger partial charge in [-0.2, -0.15) is 5.10 Å². The molecule has 2 amide bonds. The predicted molar refractivity (Wildman–Crippen MR) is 92.2 cm³/mol. The van der Waals surface area contributed by atoms with Crippen molar-refractivity contribution in [3.05, 3.63) is 63.8 Å². The summed E-state index contributed by atoms with van der Waals surface area (Å²) in [6.07, 6.45) is 0. The predicted octanol–water partition coefficient (Wildman–Crippen LogP) is 0.735. The molecule has 2 aromatic rings. The van der Waals surface area contributed by atoms with E-state index in [-0.39, 0.29) is 35.4 Å². The van der Waals surface area contributed by atoms with Crippen LogP contribution in [0.15, 0.2) is 41.2 Å². The minimum atomic E-state index is -0.359. The molecule has 2 heterocycles. The fourth-order valence-electron chi connectivity index (χ4n) is 2.83. The van der Waals surface area contributed by atoms with Gasteiger partial charge in [0.2, 0.25) is 5.91 Å². The van der Waals surface area contributed by atoms with E-state index in [4.69, 9.17) is 0 Å². The second-order valence-electron chi connectivity index (χ2n) is 6.14. The Morgan fingerprint density at radius 3 is 2.23 bits per heavy atom. The third-order valence-corrected chi connectivity index (χ3v) is 4.34. The number of amides is 2. The van der Waals surface area contributed by atoms with Crippen LogP contribution in [0.25, 0.3) is 0 Å². The van der Waals surface area contributed by atoms with Crippen LogP contribution in [-0.2, 0) is 11.3 Å². The van der Waals surface area contributed by atoms with Crippen molar-refractivity contribution in [3.8, 4) is 0 Å². The van der Waals surface area contributed by atoms with Gasteiger partial charge in [-0.3, -0.25) is 14.4 Å². The van der Waals surface area contributed by atoms with Crippen molar-refractivity contribution in [2.24, 2.45) is 0 Å². The van der Waals surface area contributed by atoms with E-state index in [0.717, 1.165) is 0 Å². The number of carbonyl (C=O) groups is 2. The van der Waals surface area contributed by atoms with Gasteiger partial charge in [0.25, 0.3) is 11.5 Å². The zero-order valence-corrected chi connectivity index (χ0v) is 14.4. The first-order valence-corrected chi connectivity index (χ1v) is 8.31. The van der Waals surface area contributed by atoms with Gasteiger partial charge < -0.3 is 9.80 Å². The second kappa shape index (κ2) is 7.47. The Morgan fingerprint density at radius 1 is 1.00 bits per heavy atom. The molecule has 1 aromatic heterocycles. The fourth-order valence-corrected chi connectivity index (χ4v) is 2.83. The lowest BCUT2D eigenvalue weighted by Crippen LogP contribution is -2.50. The van der Waals surface area contributed by atoms with Crippen molar-refractivity contribution in [1.29, 1.82) is 0 Å². The molecular weight excluding hydrogens is 339 g/mol. The second-order valence-corrected chi connectivity index (χ2v) is 6.14. The first-order chi connectivity index (χ1) is 12.4. The van der Waals surface area contributed by atoms with Gasteiger partial charge >= 0.3 is 0 Å². The Labute approximate surface area is 149 Å². The highest BCUT2D eigenvalue weighted by molar-refractivity contribution is 5.92. The summed E-state index contributed by atoms with van der Waals surface area (Å²) in [5.41, 5.74) is 0.538. The highest BCUT2D eigenvalue weighted by Crippen LogP contribution is 2.08. The van der Waals surface area contributed by atoms with E-state index in [2.05, 4.69) is 5.10 Å². The molecule has 0 radical (unpaired) electrons. The van der Waals surface area contributed by atoms with Crippen LogP contribution in [0.3, 0.4) is 0 Å². The quantitative estimate of drug-likeness (QED) is 0.811. The highest BCUT2D eigenvalue weighted by atomic mass is 19.1. The van der Waals surface area contributed by atoms with Crippen molar-refractivity contribution in [2.45, 2.75) is 13.5 Å². The number of halogens is 1. The van der Waals surface area contributed by atoms with Gasteiger partial charge in [-0.25, -0.2) is 9.07 Å². The van der Waals surface area contributed by atoms with Crippen LogP contribution in [0.5, 0.6) is 0 Å². The Kier molecular flexibility index (Phi) is 5.11. The summed E-state index contributed by atoms with van der Waals surface area (Å²) in [6.45, 7) is 3.48. The molecule has 7 nitrogen and oxygen atoms in total. The Hall–Kier alpha value is -3.03. The SMILES string of the molecule is CC(=O)N1CCN(C(=O)c2ccc(=O)n(Cc3ccc(F)cc3)n2)CC1. The summed E-state index contributed by atoms with van der Waals surface area (Å²) in [7, 11) is 0. The number of piperazine rings is 1. The minimum Gasteiger partial charge on any atom is -0.339 e. The number of carbonyl (C=O) groups excluding carboxylic acids is 2. The number of hydrogen-bond acceptors (Lipinski definition) is 4. The van der Waals surface area contributed by atoms with Crippen molar-refractivity contribution >= 4 is 11.8 Å². The molecule has 0 saturated carbocycles. The van der Waals surface area contributed by atoms with Gasteiger partial charge in [-0.1, -0.05) is 12.1 Å². The van der Waals surface area contributed by atoms with Crippen molar-refractivity contribution in [2.75, 3.05) is 26.2 Å². The molecule has 0 atom stereocenters. The van der Waals surface area contributed by atoms with Crippen LogP contribution in [0.1, 0.15) is 23.0 Å². The molecule has 26 heavy (non-hydrogen) atoms. The summed E-state index contributed by atoms with van der Waals surface area (Å²) in [6, 6.07) is 8.46. The maximum Gasteiger partial charge on any atom is 0.274 e. The minimum absolute atomic E-state index is 0.0110. The van der Waals surface area contributed by atoms with E-state index >= 15 is 0 Å². The molecule has 1 aliphatic heterocycles. The van der Waals surface area contributed by atoms with Gasteiger partial charge in [0.1, 0.15) is 11.5 Å². The number of aromatic nitrogens is 2. The van der Waals surface area contributed by atoms with Crippen LogP contribution in [0, 0.1) is 5.82 Å². The summed E-state index contributed by atoms with van der Waals surface area (Å²) < 4.78 is 14.2. The maximum atomic E-state index is 13.0. The number of hydrogen-bond donors (Lipinski definition) is 0. The van der Waals surface area contributed by atoms with Crippen LogP contribution >= 0.6 is 0 Å². The standard InChI is InChI=1S/C18H19FN4O3/c1-13(24)21-8-10-22(11-9-21)18(26)16-6-7-17(25)23(20-16)12-14-2-4-15(19)5-3-14/h2-7H,8-12H2,1H3. The molecular formula is C18H19FN4O3. The van der Waals surface area contributed by atoms with E-state index in [9.17, 15) is 18.8 Å².